The average molecular weight is 753 g/mol. The number of pyridine rings is 1. The lowest BCUT2D eigenvalue weighted by Gasteiger charge is -2.42. The standard InChI is InChI=1S/C43H53FN6O5/c1-42(2,3)55-41(51)50-30-15-16-31(50)26-48(25-30)39-33-24-45-37(36(44)38(33)46-40(47-39)54-27-43-18-8-20-49(43)21-9-19-43)32-13-7-12-28-10-6-11-29(35(28)32)17-23-53-34-14-4-5-22-52-34/h6-7,10-13,24,30-31,34H,4-5,8-9,14-23,25-27H2,1-3H3/t30-,31+,34?. The molecule has 5 saturated heterocycles. The number of hydrogen-bond donors (Lipinski definition) is 0. The summed E-state index contributed by atoms with van der Waals surface area (Å²) in [5, 5.41) is 2.49. The largest absolute Gasteiger partial charge is 0.461 e. The number of aromatic nitrogens is 3. The maximum atomic E-state index is 17.3. The summed E-state index contributed by atoms with van der Waals surface area (Å²) in [7, 11) is 0. The summed E-state index contributed by atoms with van der Waals surface area (Å²) in [6.45, 7) is 10.6. The Balaban J connectivity index is 1.08. The minimum atomic E-state index is -0.583. The minimum Gasteiger partial charge on any atom is -0.461 e. The fourth-order valence-electron chi connectivity index (χ4n) is 9.83. The zero-order valence-corrected chi connectivity index (χ0v) is 32.4. The Morgan fingerprint density at radius 2 is 1.75 bits per heavy atom. The van der Waals surface area contributed by atoms with E-state index >= 15 is 4.39 Å². The van der Waals surface area contributed by atoms with Gasteiger partial charge >= 0.3 is 12.1 Å². The molecule has 9 rings (SSSR count). The van der Waals surface area contributed by atoms with Crippen LogP contribution in [0.2, 0.25) is 0 Å². The van der Waals surface area contributed by atoms with E-state index in [0.717, 1.165) is 93.8 Å². The van der Waals surface area contributed by atoms with Crippen LogP contribution in [0.1, 0.15) is 84.1 Å². The first-order valence-electron chi connectivity index (χ1n) is 20.4. The molecule has 0 spiro atoms. The van der Waals surface area contributed by atoms with E-state index in [9.17, 15) is 4.79 Å². The normalized spacial score (nSPS) is 23.8. The van der Waals surface area contributed by atoms with Crippen LogP contribution in [-0.4, -0.2) is 106 Å². The molecule has 292 valence electrons. The van der Waals surface area contributed by atoms with Crippen LogP contribution >= 0.6 is 0 Å². The number of benzene rings is 2. The van der Waals surface area contributed by atoms with Gasteiger partial charge in [-0.05, 0) is 114 Å². The highest BCUT2D eigenvalue weighted by Crippen LogP contribution is 2.41. The Hall–Kier alpha value is -4.13. The van der Waals surface area contributed by atoms with Crippen LogP contribution in [0.4, 0.5) is 15.0 Å². The number of ether oxygens (including phenoxy) is 4. The van der Waals surface area contributed by atoms with Crippen LogP contribution in [0.5, 0.6) is 6.01 Å². The molecule has 1 amide bonds. The van der Waals surface area contributed by atoms with E-state index in [1.165, 1.54) is 0 Å². The summed E-state index contributed by atoms with van der Waals surface area (Å²) < 4.78 is 41.6. The summed E-state index contributed by atoms with van der Waals surface area (Å²) in [5.74, 6) is 0.0867. The molecule has 1 unspecified atom stereocenters. The highest BCUT2D eigenvalue weighted by molar-refractivity contribution is 6.00. The third-order valence-electron chi connectivity index (χ3n) is 12.4. The summed E-state index contributed by atoms with van der Waals surface area (Å²) in [5.41, 5.74) is 1.59. The van der Waals surface area contributed by atoms with E-state index in [1.807, 2.05) is 43.9 Å². The van der Waals surface area contributed by atoms with Gasteiger partial charge in [0.1, 0.15) is 29.2 Å². The lowest BCUT2D eigenvalue weighted by Crippen LogP contribution is -2.57. The highest BCUT2D eigenvalue weighted by atomic mass is 19.1. The molecule has 0 N–H and O–H groups in total. The van der Waals surface area contributed by atoms with Crippen molar-refractivity contribution in [2.24, 2.45) is 0 Å². The van der Waals surface area contributed by atoms with Crippen LogP contribution < -0.4 is 9.64 Å². The van der Waals surface area contributed by atoms with Crippen LogP contribution in [0.25, 0.3) is 32.9 Å². The molecule has 4 aromatic rings. The number of fused-ring (bicyclic) bond motifs is 5. The fraction of sp³-hybridized carbons (Fsp3) is 0.581. The van der Waals surface area contributed by atoms with Gasteiger partial charge in [-0.1, -0.05) is 36.4 Å². The predicted octanol–water partition coefficient (Wildman–Crippen LogP) is 7.67. The molecule has 55 heavy (non-hydrogen) atoms. The van der Waals surface area contributed by atoms with Crippen molar-refractivity contribution in [3.63, 3.8) is 0 Å². The number of carbonyl (C=O) groups excluding carboxylic acids is 1. The Bertz CT molecular complexity index is 2040. The second-order valence-electron chi connectivity index (χ2n) is 17.1. The van der Waals surface area contributed by atoms with Gasteiger partial charge in [-0.25, -0.2) is 9.18 Å². The Labute approximate surface area is 322 Å². The summed E-state index contributed by atoms with van der Waals surface area (Å²) in [6.07, 6.45) is 11.2. The first-order valence-corrected chi connectivity index (χ1v) is 20.4. The maximum Gasteiger partial charge on any atom is 0.410 e. The lowest BCUT2D eigenvalue weighted by atomic mass is 9.95. The van der Waals surface area contributed by atoms with Gasteiger partial charge in [-0.15, -0.1) is 0 Å². The van der Waals surface area contributed by atoms with E-state index in [1.54, 1.807) is 6.20 Å². The van der Waals surface area contributed by atoms with Crippen molar-refractivity contribution in [3.8, 4) is 17.3 Å². The molecule has 5 fully saturated rings. The number of piperazine rings is 1. The SMILES string of the molecule is CC(C)(C)OC(=O)N1[C@@H]2CC[C@H]1CN(c1nc(OCC34CCCN3CCC4)nc3c(F)c(-c4cccc5cccc(CCOC6CCCCO6)c45)ncc13)C2. The van der Waals surface area contributed by atoms with Gasteiger partial charge in [0.15, 0.2) is 12.1 Å². The van der Waals surface area contributed by atoms with E-state index in [2.05, 4.69) is 28.0 Å². The van der Waals surface area contributed by atoms with Gasteiger partial charge in [0.05, 0.1) is 29.6 Å². The first-order chi connectivity index (χ1) is 26.7. The Kier molecular flexibility index (Phi) is 9.79. The molecular weight excluding hydrogens is 700 g/mol. The van der Waals surface area contributed by atoms with Crippen LogP contribution in [0.15, 0.2) is 42.6 Å². The molecule has 2 aromatic heterocycles. The van der Waals surface area contributed by atoms with Crippen molar-refractivity contribution in [2.75, 3.05) is 50.9 Å². The minimum absolute atomic E-state index is 0.0231. The first kappa shape index (κ1) is 36.5. The van der Waals surface area contributed by atoms with Crippen molar-refractivity contribution < 1.29 is 28.1 Å². The van der Waals surface area contributed by atoms with Gasteiger partial charge in [0.2, 0.25) is 0 Å². The van der Waals surface area contributed by atoms with E-state index in [-0.39, 0.29) is 47.2 Å². The molecule has 5 aliphatic heterocycles. The second kappa shape index (κ2) is 14.7. The second-order valence-corrected chi connectivity index (χ2v) is 17.1. The van der Waals surface area contributed by atoms with Crippen molar-refractivity contribution in [2.45, 2.75) is 114 Å². The molecule has 12 heteroatoms. The third-order valence-corrected chi connectivity index (χ3v) is 12.4. The number of carbonyl (C=O) groups is 1. The number of hydrogen-bond acceptors (Lipinski definition) is 10. The maximum absolute atomic E-state index is 17.3. The van der Waals surface area contributed by atoms with Crippen molar-refractivity contribution in [1.29, 1.82) is 0 Å². The van der Waals surface area contributed by atoms with E-state index < -0.39 is 11.4 Å². The Morgan fingerprint density at radius 1 is 0.982 bits per heavy atom. The number of anilines is 1. The summed E-state index contributed by atoms with van der Waals surface area (Å²) >= 11 is 0. The molecule has 2 bridgehead atoms. The van der Waals surface area contributed by atoms with Crippen LogP contribution in [0.3, 0.4) is 0 Å². The molecule has 0 radical (unpaired) electrons. The van der Waals surface area contributed by atoms with Gasteiger partial charge < -0.3 is 23.8 Å². The zero-order valence-electron chi connectivity index (χ0n) is 32.4. The molecular formula is C43H53FN6O5. The summed E-state index contributed by atoms with van der Waals surface area (Å²) in [6, 6.07) is 12.2. The topological polar surface area (TPSA) is 102 Å². The number of halogens is 1. The number of nitrogens with zero attached hydrogens (tertiary/aromatic N) is 6. The zero-order chi connectivity index (χ0) is 37.7. The third kappa shape index (κ3) is 7.10. The van der Waals surface area contributed by atoms with Gasteiger partial charge in [-0.2, -0.15) is 9.97 Å². The molecule has 3 atom stereocenters. The lowest BCUT2D eigenvalue weighted by molar-refractivity contribution is -0.161. The van der Waals surface area contributed by atoms with E-state index in [0.29, 0.717) is 49.5 Å². The molecule has 7 heterocycles. The molecule has 5 aliphatic rings. The average Bonchev–Trinajstić information content (AvgIpc) is 3.84. The van der Waals surface area contributed by atoms with Gasteiger partial charge in [0, 0.05) is 31.5 Å². The van der Waals surface area contributed by atoms with Gasteiger partial charge in [-0.3, -0.25) is 14.8 Å². The highest BCUT2D eigenvalue weighted by Gasteiger charge is 2.46. The molecule has 11 nitrogen and oxygen atoms in total. The van der Waals surface area contributed by atoms with Crippen LogP contribution in [-0.2, 0) is 20.6 Å². The van der Waals surface area contributed by atoms with Crippen molar-refractivity contribution >= 4 is 33.6 Å². The van der Waals surface area contributed by atoms with Crippen molar-refractivity contribution in [3.05, 3.63) is 54.0 Å². The van der Waals surface area contributed by atoms with Crippen molar-refractivity contribution in [1.82, 2.24) is 24.8 Å². The number of amides is 1. The predicted molar refractivity (Wildman–Crippen MR) is 209 cm³/mol. The molecule has 0 saturated carbocycles. The summed E-state index contributed by atoms with van der Waals surface area (Å²) in [4.78, 5) is 34.6. The smallest absolute Gasteiger partial charge is 0.410 e. The molecule has 0 aliphatic carbocycles. The number of rotatable bonds is 9. The Morgan fingerprint density at radius 3 is 2.47 bits per heavy atom. The fourth-order valence-corrected chi connectivity index (χ4v) is 9.83. The van der Waals surface area contributed by atoms with E-state index in [4.69, 9.17) is 33.9 Å². The van der Waals surface area contributed by atoms with Gasteiger partial charge in [0.25, 0.3) is 0 Å². The van der Waals surface area contributed by atoms with Crippen LogP contribution in [0, 0.1) is 5.82 Å². The monoisotopic (exact) mass is 752 g/mol. The quantitative estimate of drug-likeness (QED) is 0.169. The molecule has 2 aromatic carbocycles.